The fourth-order valence-electron chi connectivity index (χ4n) is 1.08. The molecular weight excluding hydrogens is 259 g/mol. The first-order valence-corrected chi connectivity index (χ1v) is 6.90. The van der Waals surface area contributed by atoms with E-state index < -0.39 is 0 Å². The Hall–Kier alpha value is -0.631. The first-order valence-electron chi connectivity index (χ1n) is 4.24. The third-order valence-electron chi connectivity index (χ3n) is 1.77. The molecule has 0 aliphatic heterocycles. The predicted molar refractivity (Wildman–Crippen MR) is 60.5 cm³/mol. The Balaban J connectivity index is 2.10. The molecule has 0 N–H and O–H groups in total. The van der Waals surface area contributed by atoms with Crippen molar-refractivity contribution in [3.05, 3.63) is 41.3 Å². The predicted octanol–water partition coefficient (Wildman–Crippen LogP) is 2.90. The molecule has 3 heteroatoms. The van der Waals surface area contributed by atoms with E-state index in [9.17, 15) is 0 Å². The van der Waals surface area contributed by atoms with Crippen LogP contribution in [0, 0.1) is 0 Å². The molecule has 0 aliphatic carbocycles. The quantitative estimate of drug-likeness (QED) is 0.792. The average molecular weight is 269 g/mol. The molecule has 1 aromatic carbocycles. The van der Waals surface area contributed by atoms with Crippen molar-refractivity contribution < 1.29 is 4.74 Å². The van der Waals surface area contributed by atoms with E-state index in [2.05, 4.69) is 29.2 Å². The van der Waals surface area contributed by atoms with Crippen LogP contribution in [-0.4, -0.2) is 21.6 Å². The molecule has 0 unspecified atom stereocenters. The number of hydrogen-bond acceptors (Lipinski definition) is 2. The van der Waals surface area contributed by atoms with Crippen LogP contribution in [0.5, 0.6) is 5.75 Å². The van der Waals surface area contributed by atoms with Gasteiger partial charge in [0.15, 0.2) is 0 Å². The number of rotatable bonds is 3. The molecular formula is C11H10OSSe. The third-order valence-corrected chi connectivity index (χ3v) is 5.03. The van der Waals surface area contributed by atoms with Crippen molar-refractivity contribution in [2.45, 2.75) is 8.66 Å². The van der Waals surface area contributed by atoms with E-state index in [-0.39, 0.29) is 0 Å². The van der Waals surface area contributed by atoms with Gasteiger partial charge in [-0.2, -0.15) is 0 Å². The van der Waals surface area contributed by atoms with Crippen LogP contribution in [0.25, 0.3) is 0 Å². The van der Waals surface area contributed by atoms with Crippen molar-refractivity contribution in [2.24, 2.45) is 0 Å². The van der Waals surface area contributed by atoms with Crippen molar-refractivity contribution in [1.29, 1.82) is 0 Å². The summed E-state index contributed by atoms with van der Waals surface area (Å²) < 4.78 is 6.57. The Morgan fingerprint density at radius 3 is 2.50 bits per heavy atom. The molecule has 0 bridgehead atoms. The second kappa shape index (κ2) is 4.74. The number of benzene rings is 1. The molecule has 1 heterocycles. The molecule has 0 saturated carbocycles. The van der Waals surface area contributed by atoms with Gasteiger partial charge in [-0.3, -0.25) is 0 Å². The summed E-state index contributed by atoms with van der Waals surface area (Å²) in [6.07, 6.45) is 0. The van der Waals surface area contributed by atoms with Gasteiger partial charge in [0.05, 0.1) is 0 Å². The van der Waals surface area contributed by atoms with Gasteiger partial charge in [-0.25, -0.2) is 0 Å². The molecule has 0 fully saturated rings. The van der Waals surface area contributed by atoms with Crippen molar-refractivity contribution in [3.63, 3.8) is 0 Å². The summed E-state index contributed by atoms with van der Waals surface area (Å²) in [6.45, 7) is 0. The van der Waals surface area contributed by atoms with Gasteiger partial charge in [0.2, 0.25) is 0 Å². The minimum atomic E-state index is 0.546. The fourth-order valence-corrected chi connectivity index (χ4v) is 3.92. The van der Waals surface area contributed by atoms with Crippen LogP contribution in [0.3, 0.4) is 0 Å². The normalized spacial score (nSPS) is 10.1. The standard InChI is InChI=1S/C11H10OSSe/c1-12-9-4-6-10(7-5-9)13-11-3-2-8-14-11/h2-8H,1H3. The third kappa shape index (κ3) is 2.44. The van der Waals surface area contributed by atoms with Crippen LogP contribution >= 0.6 is 11.8 Å². The summed E-state index contributed by atoms with van der Waals surface area (Å²) in [6, 6.07) is 12.5. The summed E-state index contributed by atoms with van der Waals surface area (Å²) in [5.74, 6) is 0.915. The van der Waals surface area contributed by atoms with Gasteiger partial charge < -0.3 is 0 Å². The van der Waals surface area contributed by atoms with Crippen molar-refractivity contribution >= 4 is 26.3 Å². The Morgan fingerprint density at radius 2 is 1.93 bits per heavy atom. The Kier molecular flexibility index (Phi) is 3.35. The van der Waals surface area contributed by atoms with Gasteiger partial charge in [0, 0.05) is 0 Å². The zero-order chi connectivity index (χ0) is 9.80. The Labute approximate surface area is 93.8 Å². The topological polar surface area (TPSA) is 9.23 Å². The maximum atomic E-state index is 5.11. The zero-order valence-corrected chi connectivity index (χ0v) is 10.3. The summed E-state index contributed by atoms with van der Waals surface area (Å²) in [4.78, 5) is 3.52. The van der Waals surface area contributed by atoms with E-state index in [0.29, 0.717) is 14.5 Å². The van der Waals surface area contributed by atoms with E-state index in [1.807, 2.05) is 23.9 Å². The molecule has 14 heavy (non-hydrogen) atoms. The summed E-state index contributed by atoms with van der Waals surface area (Å²) in [5, 5.41) is 0. The second-order valence-corrected chi connectivity index (χ2v) is 6.40. The van der Waals surface area contributed by atoms with Crippen LogP contribution < -0.4 is 4.74 Å². The van der Waals surface area contributed by atoms with Gasteiger partial charge in [0.25, 0.3) is 0 Å². The molecule has 72 valence electrons. The monoisotopic (exact) mass is 270 g/mol. The van der Waals surface area contributed by atoms with Crippen LogP contribution in [-0.2, 0) is 0 Å². The number of methoxy groups -OCH3 is 1. The molecule has 0 spiro atoms. The van der Waals surface area contributed by atoms with Crippen molar-refractivity contribution in [3.8, 4) is 5.75 Å². The van der Waals surface area contributed by atoms with E-state index in [4.69, 9.17) is 4.74 Å². The van der Waals surface area contributed by atoms with E-state index in [0.717, 1.165) is 5.75 Å². The minimum absolute atomic E-state index is 0.546. The first kappa shape index (κ1) is 9.91. The van der Waals surface area contributed by atoms with Gasteiger partial charge >= 0.3 is 93.9 Å². The van der Waals surface area contributed by atoms with Gasteiger partial charge in [-0.15, -0.1) is 0 Å². The van der Waals surface area contributed by atoms with E-state index >= 15 is 0 Å². The zero-order valence-electron chi connectivity index (χ0n) is 7.77. The van der Waals surface area contributed by atoms with Crippen molar-refractivity contribution in [2.75, 3.05) is 7.11 Å². The van der Waals surface area contributed by atoms with Crippen LogP contribution in [0.2, 0.25) is 0 Å². The molecule has 0 radical (unpaired) electrons. The Bertz CT molecular complexity index is 380. The van der Waals surface area contributed by atoms with Crippen molar-refractivity contribution in [1.82, 2.24) is 0 Å². The van der Waals surface area contributed by atoms with E-state index in [1.165, 1.54) is 8.66 Å². The van der Waals surface area contributed by atoms with Crippen LogP contribution in [0.15, 0.2) is 50.0 Å². The molecule has 0 amide bonds. The molecule has 0 aliphatic rings. The molecule has 1 nitrogen and oxygen atoms in total. The summed E-state index contributed by atoms with van der Waals surface area (Å²) in [7, 11) is 1.69. The van der Waals surface area contributed by atoms with Gasteiger partial charge in [-0.1, -0.05) is 0 Å². The first-order chi connectivity index (χ1) is 6.88. The van der Waals surface area contributed by atoms with Crippen LogP contribution in [0.4, 0.5) is 0 Å². The SMILES string of the molecule is COc1ccc(Sc2ccc[se]2)cc1. The van der Waals surface area contributed by atoms with E-state index in [1.54, 1.807) is 7.11 Å². The molecule has 2 rings (SSSR count). The second-order valence-electron chi connectivity index (χ2n) is 2.71. The molecule has 2 aromatic rings. The van der Waals surface area contributed by atoms with Gasteiger partial charge in [-0.05, 0) is 0 Å². The fraction of sp³-hybridized carbons (Fsp3) is 0.0909. The molecule has 1 aromatic heterocycles. The molecule has 0 saturated heterocycles. The van der Waals surface area contributed by atoms with Gasteiger partial charge in [0.1, 0.15) is 0 Å². The number of ether oxygens (including phenoxy) is 1. The summed E-state index contributed by atoms with van der Waals surface area (Å²) >= 11 is 2.39. The van der Waals surface area contributed by atoms with Crippen LogP contribution in [0.1, 0.15) is 0 Å². The number of hydrogen-bond donors (Lipinski definition) is 0. The molecule has 0 atom stereocenters. The Morgan fingerprint density at radius 1 is 1.14 bits per heavy atom. The summed E-state index contributed by atoms with van der Waals surface area (Å²) in [5.41, 5.74) is 0. The average Bonchev–Trinajstić information content (AvgIpc) is 2.72. The maximum absolute atomic E-state index is 5.11.